The first kappa shape index (κ1) is 9.23. The molecule has 0 amide bonds. The van der Waals surface area contributed by atoms with Gasteiger partial charge >= 0.3 is 0 Å². The van der Waals surface area contributed by atoms with Gasteiger partial charge in [-0.2, -0.15) is 0 Å². The molecule has 2 heterocycles. The highest BCUT2D eigenvalue weighted by Gasteiger charge is 2.43. The molecule has 0 N–H and O–H groups in total. The van der Waals surface area contributed by atoms with Crippen molar-refractivity contribution in [3.05, 3.63) is 53.7 Å². The zero-order chi connectivity index (χ0) is 11.3. The quantitative estimate of drug-likeness (QED) is 0.616. The van der Waals surface area contributed by atoms with Crippen LogP contribution in [-0.2, 0) is 0 Å². The molecule has 1 aromatic carbocycles. The lowest BCUT2D eigenvalue weighted by atomic mass is 9.93. The Morgan fingerprint density at radius 1 is 1.12 bits per heavy atom. The molecule has 1 spiro atoms. The Morgan fingerprint density at radius 2 is 1.94 bits per heavy atom. The molecule has 2 heteroatoms. The van der Waals surface area contributed by atoms with E-state index in [1.54, 1.807) is 0 Å². The van der Waals surface area contributed by atoms with Crippen molar-refractivity contribution in [3.63, 3.8) is 0 Å². The molecule has 2 nitrogen and oxygen atoms in total. The lowest BCUT2D eigenvalue weighted by Gasteiger charge is -2.36. The first-order valence-corrected chi connectivity index (χ1v) is 6.16. The molecule has 0 aromatic heterocycles. The van der Waals surface area contributed by atoms with Gasteiger partial charge in [0.2, 0.25) is 0 Å². The van der Waals surface area contributed by atoms with E-state index in [-0.39, 0.29) is 5.54 Å². The van der Waals surface area contributed by atoms with Crippen LogP contribution in [0.1, 0.15) is 24.0 Å². The van der Waals surface area contributed by atoms with Crippen LogP contribution in [-0.4, -0.2) is 22.8 Å². The Hall–Kier alpha value is -1.83. The Labute approximate surface area is 101 Å². The fourth-order valence-corrected chi connectivity index (χ4v) is 3.06. The van der Waals surface area contributed by atoms with Crippen LogP contribution in [0.5, 0.6) is 0 Å². The zero-order valence-electron chi connectivity index (χ0n) is 9.63. The van der Waals surface area contributed by atoms with Gasteiger partial charge < -0.3 is 4.90 Å². The predicted molar refractivity (Wildman–Crippen MR) is 69.8 cm³/mol. The summed E-state index contributed by atoms with van der Waals surface area (Å²) in [4.78, 5) is 7.17. The SMILES string of the molecule is C1=CCC2(C1)CN=C1c3ccccc3C=CN12. The molecule has 84 valence electrons. The molecule has 3 aliphatic rings. The highest BCUT2D eigenvalue weighted by Crippen LogP contribution is 2.39. The summed E-state index contributed by atoms with van der Waals surface area (Å²) < 4.78 is 0. The zero-order valence-corrected chi connectivity index (χ0v) is 9.63. The third kappa shape index (κ3) is 1.13. The van der Waals surface area contributed by atoms with Crippen molar-refractivity contribution in [2.24, 2.45) is 4.99 Å². The molecule has 0 radical (unpaired) electrons. The van der Waals surface area contributed by atoms with Crippen molar-refractivity contribution in [2.75, 3.05) is 6.54 Å². The summed E-state index contributed by atoms with van der Waals surface area (Å²) >= 11 is 0. The minimum atomic E-state index is 0.208. The summed E-state index contributed by atoms with van der Waals surface area (Å²) in [6, 6.07) is 8.51. The molecule has 17 heavy (non-hydrogen) atoms. The topological polar surface area (TPSA) is 15.6 Å². The number of aliphatic imine (C=N–C) groups is 1. The van der Waals surface area contributed by atoms with Crippen molar-refractivity contribution in [1.82, 2.24) is 4.90 Å². The smallest absolute Gasteiger partial charge is 0.136 e. The first-order valence-electron chi connectivity index (χ1n) is 6.16. The van der Waals surface area contributed by atoms with E-state index in [1.807, 2.05) is 0 Å². The summed E-state index contributed by atoms with van der Waals surface area (Å²) in [5.41, 5.74) is 2.77. The average Bonchev–Trinajstić information content (AvgIpc) is 2.99. The van der Waals surface area contributed by atoms with E-state index in [0.717, 1.165) is 25.2 Å². The normalized spacial score (nSPS) is 22.8. The number of benzene rings is 1. The molecule has 0 bridgehead atoms. The molecule has 0 unspecified atom stereocenters. The number of hydrogen-bond acceptors (Lipinski definition) is 2. The number of hydrogen-bond donors (Lipinski definition) is 0. The number of rotatable bonds is 0. The Kier molecular flexibility index (Phi) is 1.68. The van der Waals surface area contributed by atoms with E-state index in [1.165, 1.54) is 11.1 Å². The van der Waals surface area contributed by atoms with Gasteiger partial charge in [-0.15, -0.1) is 0 Å². The largest absolute Gasteiger partial charge is 0.324 e. The number of amidine groups is 1. The minimum Gasteiger partial charge on any atom is -0.324 e. The summed E-state index contributed by atoms with van der Waals surface area (Å²) in [6.45, 7) is 0.925. The van der Waals surface area contributed by atoms with E-state index in [4.69, 9.17) is 4.99 Å². The van der Waals surface area contributed by atoms with E-state index in [2.05, 4.69) is 53.6 Å². The second kappa shape index (κ2) is 3.10. The molecule has 0 saturated carbocycles. The monoisotopic (exact) mass is 222 g/mol. The van der Waals surface area contributed by atoms with Gasteiger partial charge in [0, 0.05) is 11.8 Å². The van der Waals surface area contributed by atoms with Gasteiger partial charge in [-0.3, -0.25) is 4.99 Å². The van der Waals surface area contributed by atoms with Crippen molar-refractivity contribution in [1.29, 1.82) is 0 Å². The fraction of sp³-hybridized carbons (Fsp3) is 0.267. The van der Waals surface area contributed by atoms with Gasteiger partial charge in [-0.25, -0.2) is 0 Å². The third-order valence-electron chi connectivity index (χ3n) is 4.03. The maximum Gasteiger partial charge on any atom is 0.136 e. The van der Waals surface area contributed by atoms with Gasteiger partial charge in [-0.1, -0.05) is 36.4 Å². The Balaban J connectivity index is 1.83. The number of fused-ring (bicyclic) bond motifs is 4. The van der Waals surface area contributed by atoms with Crippen molar-refractivity contribution >= 4 is 11.9 Å². The fourth-order valence-electron chi connectivity index (χ4n) is 3.06. The van der Waals surface area contributed by atoms with Crippen LogP contribution in [0.15, 0.2) is 47.6 Å². The molecule has 0 saturated heterocycles. The second-order valence-corrected chi connectivity index (χ2v) is 5.02. The molecule has 0 atom stereocenters. The van der Waals surface area contributed by atoms with E-state index >= 15 is 0 Å². The van der Waals surface area contributed by atoms with Crippen LogP contribution in [0, 0.1) is 0 Å². The van der Waals surface area contributed by atoms with Gasteiger partial charge in [-0.05, 0) is 24.5 Å². The highest BCUT2D eigenvalue weighted by atomic mass is 15.3. The molecular formula is C15H14N2. The molecular weight excluding hydrogens is 208 g/mol. The van der Waals surface area contributed by atoms with Crippen molar-refractivity contribution in [3.8, 4) is 0 Å². The summed E-state index contributed by atoms with van der Waals surface area (Å²) in [6.07, 6.45) is 11.2. The van der Waals surface area contributed by atoms with Crippen LogP contribution in [0.4, 0.5) is 0 Å². The average molecular weight is 222 g/mol. The van der Waals surface area contributed by atoms with Crippen molar-refractivity contribution < 1.29 is 0 Å². The number of nitrogens with zero attached hydrogens (tertiary/aromatic N) is 2. The Morgan fingerprint density at radius 3 is 2.82 bits per heavy atom. The van der Waals surface area contributed by atoms with Crippen LogP contribution < -0.4 is 0 Å². The third-order valence-corrected chi connectivity index (χ3v) is 4.03. The standard InChI is InChI=1S/C15H14N2/c1-2-6-13-12(5-1)7-10-17-14(13)16-11-15(17)8-3-4-9-15/h1-7,10H,8-9,11H2. The minimum absolute atomic E-state index is 0.208. The second-order valence-electron chi connectivity index (χ2n) is 5.02. The predicted octanol–water partition coefficient (Wildman–Crippen LogP) is 2.82. The van der Waals surface area contributed by atoms with E-state index in [9.17, 15) is 0 Å². The van der Waals surface area contributed by atoms with Crippen LogP contribution >= 0.6 is 0 Å². The summed E-state index contributed by atoms with van der Waals surface area (Å²) in [7, 11) is 0. The van der Waals surface area contributed by atoms with Crippen LogP contribution in [0.2, 0.25) is 0 Å². The summed E-state index contributed by atoms with van der Waals surface area (Å²) in [5.74, 6) is 1.16. The van der Waals surface area contributed by atoms with Gasteiger partial charge in [0.1, 0.15) is 5.84 Å². The Bertz CT molecular complexity index is 558. The van der Waals surface area contributed by atoms with E-state index < -0.39 is 0 Å². The molecule has 2 aliphatic heterocycles. The van der Waals surface area contributed by atoms with Gasteiger partial charge in [0.05, 0.1) is 12.1 Å². The maximum atomic E-state index is 4.79. The molecule has 0 fully saturated rings. The lowest BCUT2D eigenvalue weighted by molar-refractivity contribution is 0.281. The molecule has 1 aliphatic carbocycles. The highest BCUT2D eigenvalue weighted by molar-refractivity contribution is 6.06. The van der Waals surface area contributed by atoms with E-state index in [0.29, 0.717) is 0 Å². The summed E-state index contributed by atoms with van der Waals surface area (Å²) in [5, 5.41) is 0. The van der Waals surface area contributed by atoms with Gasteiger partial charge in [0.25, 0.3) is 0 Å². The van der Waals surface area contributed by atoms with Crippen molar-refractivity contribution in [2.45, 2.75) is 18.4 Å². The lowest BCUT2D eigenvalue weighted by Crippen LogP contribution is -2.45. The van der Waals surface area contributed by atoms with Crippen LogP contribution in [0.25, 0.3) is 6.08 Å². The first-order chi connectivity index (χ1) is 8.39. The molecule has 4 rings (SSSR count). The van der Waals surface area contributed by atoms with Gasteiger partial charge in [0.15, 0.2) is 0 Å². The molecule has 1 aromatic rings. The maximum absolute atomic E-state index is 4.79. The van der Waals surface area contributed by atoms with Crippen LogP contribution in [0.3, 0.4) is 0 Å².